The summed E-state index contributed by atoms with van der Waals surface area (Å²) in [5.74, 6) is -0.261. The van der Waals surface area contributed by atoms with Crippen molar-refractivity contribution >= 4 is 5.91 Å². The fourth-order valence-electron chi connectivity index (χ4n) is 2.91. The number of ether oxygens (including phenoxy) is 1. The van der Waals surface area contributed by atoms with Crippen LogP contribution in [0.5, 0.6) is 5.75 Å². The maximum absolute atomic E-state index is 13.5. The highest BCUT2D eigenvalue weighted by Crippen LogP contribution is 2.19. The van der Waals surface area contributed by atoms with Gasteiger partial charge in [-0.05, 0) is 45.1 Å². The molecule has 25 heavy (non-hydrogen) atoms. The van der Waals surface area contributed by atoms with Crippen LogP contribution in [0.1, 0.15) is 29.2 Å². The zero-order valence-corrected chi connectivity index (χ0v) is 14.4. The minimum absolute atomic E-state index is 0.0356. The van der Waals surface area contributed by atoms with Gasteiger partial charge in [0.15, 0.2) is 23.9 Å². The molecule has 0 radical (unpaired) electrons. The van der Waals surface area contributed by atoms with Crippen LogP contribution < -0.4 is 4.74 Å². The fraction of sp³-hybridized carbons (Fsp3) is 0.444. The summed E-state index contributed by atoms with van der Waals surface area (Å²) in [4.78, 5) is 20.7. The molecule has 1 aliphatic heterocycles. The number of oxazole rings is 1. The standard InChI is InChI=1S/C18H22FN3O3/c1-21-9-7-13(8-10-21)22(2)18(23)15-11-25-17(20-15)12-24-16-6-4-3-5-14(16)19/h3-6,11,13H,7-10,12H2,1-2H3. The molecule has 1 aromatic carbocycles. The number of likely N-dealkylation sites (tertiary alicyclic amines) is 1. The molecule has 1 aliphatic rings. The van der Waals surface area contributed by atoms with E-state index in [1.807, 2.05) is 0 Å². The first kappa shape index (κ1) is 17.4. The first-order chi connectivity index (χ1) is 12.0. The normalized spacial score (nSPS) is 16.0. The second-order valence-electron chi connectivity index (χ2n) is 6.30. The molecule has 1 saturated heterocycles. The van der Waals surface area contributed by atoms with Crippen molar-refractivity contribution in [2.45, 2.75) is 25.5 Å². The minimum Gasteiger partial charge on any atom is -0.481 e. The molecule has 3 rings (SSSR count). The number of para-hydroxylation sites is 1. The Morgan fingerprint density at radius 1 is 1.40 bits per heavy atom. The Hall–Kier alpha value is -2.41. The third kappa shape index (κ3) is 4.17. The molecule has 0 atom stereocenters. The van der Waals surface area contributed by atoms with Gasteiger partial charge < -0.3 is 19.0 Å². The SMILES string of the molecule is CN1CCC(N(C)C(=O)c2coc(COc3ccccc3F)n2)CC1. The van der Waals surface area contributed by atoms with Crippen LogP contribution in [0.2, 0.25) is 0 Å². The number of carbonyl (C=O) groups is 1. The highest BCUT2D eigenvalue weighted by molar-refractivity contribution is 5.92. The van der Waals surface area contributed by atoms with Crippen LogP contribution in [0.3, 0.4) is 0 Å². The van der Waals surface area contributed by atoms with Crippen LogP contribution >= 0.6 is 0 Å². The molecule has 0 N–H and O–H groups in total. The largest absolute Gasteiger partial charge is 0.481 e. The molecule has 1 amide bonds. The third-order valence-electron chi connectivity index (χ3n) is 4.51. The van der Waals surface area contributed by atoms with Gasteiger partial charge in [-0.15, -0.1) is 0 Å². The molecule has 6 nitrogen and oxygen atoms in total. The fourth-order valence-corrected chi connectivity index (χ4v) is 2.91. The maximum atomic E-state index is 13.5. The van der Waals surface area contributed by atoms with E-state index in [4.69, 9.17) is 9.15 Å². The molecule has 2 aromatic rings. The van der Waals surface area contributed by atoms with Crippen molar-refractivity contribution in [3.8, 4) is 5.75 Å². The van der Waals surface area contributed by atoms with Crippen LogP contribution in [-0.2, 0) is 6.61 Å². The number of aromatic nitrogens is 1. The van der Waals surface area contributed by atoms with Crippen LogP contribution in [-0.4, -0.2) is 53.9 Å². The van der Waals surface area contributed by atoms with Crippen molar-refractivity contribution in [3.05, 3.63) is 47.9 Å². The maximum Gasteiger partial charge on any atom is 0.275 e. The lowest BCUT2D eigenvalue weighted by Crippen LogP contribution is -2.44. The van der Waals surface area contributed by atoms with Gasteiger partial charge in [0.1, 0.15) is 6.26 Å². The van der Waals surface area contributed by atoms with E-state index in [-0.39, 0.29) is 35.9 Å². The molecule has 1 fully saturated rings. The van der Waals surface area contributed by atoms with Gasteiger partial charge in [-0.2, -0.15) is 0 Å². The van der Waals surface area contributed by atoms with E-state index in [1.165, 1.54) is 18.4 Å². The van der Waals surface area contributed by atoms with Gasteiger partial charge in [0.25, 0.3) is 5.91 Å². The zero-order chi connectivity index (χ0) is 17.8. The quantitative estimate of drug-likeness (QED) is 0.832. The molecular weight excluding hydrogens is 325 g/mol. The average molecular weight is 347 g/mol. The molecule has 0 aliphatic carbocycles. The first-order valence-electron chi connectivity index (χ1n) is 8.32. The zero-order valence-electron chi connectivity index (χ0n) is 14.4. The topological polar surface area (TPSA) is 58.8 Å². The van der Waals surface area contributed by atoms with Crippen molar-refractivity contribution in [1.82, 2.24) is 14.8 Å². The molecule has 7 heteroatoms. The number of amides is 1. The smallest absolute Gasteiger partial charge is 0.275 e. The molecule has 0 spiro atoms. The number of halogens is 1. The van der Waals surface area contributed by atoms with Crippen LogP contribution in [0, 0.1) is 5.82 Å². The summed E-state index contributed by atoms with van der Waals surface area (Å²) in [7, 11) is 3.88. The number of hydrogen-bond acceptors (Lipinski definition) is 5. The lowest BCUT2D eigenvalue weighted by Gasteiger charge is -2.34. The van der Waals surface area contributed by atoms with Gasteiger partial charge >= 0.3 is 0 Å². The lowest BCUT2D eigenvalue weighted by atomic mass is 10.0. The predicted octanol–water partition coefficient (Wildman–Crippen LogP) is 2.56. The van der Waals surface area contributed by atoms with Crippen molar-refractivity contribution in [2.75, 3.05) is 27.2 Å². The summed E-state index contributed by atoms with van der Waals surface area (Å²) in [5.41, 5.74) is 0.244. The molecular formula is C18H22FN3O3. The number of hydrogen-bond donors (Lipinski definition) is 0. The van der Waals surface area contributed by atoms with E-state index in [9.17, 15) is 9.18 Å². The van der Waals surface area contributed by atoms with E-state index < -0.39 is 5.82 Å². The summed E-state index contributed by atoms with van der Waals surface area (Å²) in [6.07, 6.45) is 3.22. The van der Waals surface area contributed by atoms with Gasteiger partial charge in [-0.3, -0.25) is 4.79 Å². The number of carbonyl (C=O) groups excluding carboxylic acids is 1. The van der Waals surface area contributed by atoms with Crippen molar-refractivity contribution in [1.29, 1.82) is 0 Å². The van der Waals surface area contributed by atoms with Crippen molar-refractivity contribution in [2.24, 2.45) is 0 Å². The average Bonchev–Trinajstić information content (AvgIpc) is 3.09. The number of rotatable bonds is 5. The lowest BCUT2D eigenvalue weighted by molar-refractivity contribution is 0.0653. The second-order valence-corrected chi connectivity index (χ2v) is 6.30. The summed E-state index contributed by atoms with van der Waals surface area (Å²) in [6.45, 7) is 1.91. The summed E-state index contributed by atoms with van der Waals surface area (Å²) in [6, 6.07) is 6.32. The first-order valence-corrected chi connectivity index (χ1v) is 8.32. The van der Waals surface area contributed by atoms with Gasteiger partial charge in [0.05, 0.1) is 0 Å². The van der Waals surface area contributed by atoms with E-state index in [0.717, 1.165) is 25.9 Å². The Morgan fingerprint density at radius 3 is 2.84 bits per heavy atom. The number of nitrogens with zero attached hydrogens (tertiary/aromatic N) is 3. The van der Waals surface area contributed by atoms with E-state index >= 15 is 0 Å². The molecule has 1 aromatic heterocycles. The highest BCUT2D eigenvalue weighted by Gasteiger charge is 2.26. The van der Waals surface area contributed by atoms with Crippen molar-refractivity contribution < 1.29 is 18.3 Å². The Kier molecular flexibility index (Phi) is 5.33. The highest BCUT2D eigenvalue weighted by atomic mass is 19.1. The Balaban J connectivity index is 1.59. The van der Waals surface area contributed by atoms with Gasteiger partial charge in [0, 0.05) is 13.1 Å². The van der Waals surface area contributed by atoms with Crippen LogP contribution in [0.15, 0.2) is 34.9 Å². The van der Waals surface area contributed by atoms with Crippen LogP contribution in [0.25, 0.3) is 0 Å². The molecule has 2 heterocycles. The summed E-state index contributed by atoms with van der Waals surface area (Å²) < 4.78 is 24.2. The predicted molar refractivity (Wildman–Crippen MR) is 89.8 cm³/mol. The van der Waals surface area contributed by atoms with E-state index in [0.29, 0.717) is 0 Å². The Labute approximate surface area is 146 Å². The second kappa shape index (κ2) is 7.65. The third-order valence-corrected chi connectivity index (χ3v) is 4.51. The van der Waals surface area contributed by atoms with Gasteiger partial charge in [-0.1, -0.05) is 12.1 Å². The number of piperidine rings is 1. The van der Waals surface area contributed by atoms with Gasteiger partial charge in [-0.25, -0.2) is 9.37 Å². The molecule has 0 bridgehead atoms. The van der Waals surface area contributed by atoms with Crippen LogP contribution in [0.4, 0.5) is 4.39 Å². The van der Waals surface area contributed by atoms with Crippen molar-refractivity contribution in [3.63, 3.8) is 0 Å². The monoisotopic (exact) mass is 347 g/mol. The number of benzene rings is 1. The summed E-state index contributed by atoms with van der Waals surface area (Å²) >= 11 is 0. The minimum atomic E-state index is -0.452. The molecule has 0 unspecified atom stereocenters. The molecule has 0 saturated carbocycles. The Bertz CT molecular complexity index is 726. The summed E-state index contributed by atoms with van der Waals surface area (Å²) in [5, 5.41) is 0. The van der Waals surface area contributed by atoms with E-state index in [2.05, 4.69) is 16.9 Å². The Morgan fingerprint density at radius 2 is 2.12 bits per heavy atom. The molecule has 134 valence electrons. The van der Waals surface area contributed by atoms with E-state index in [1.54, 1.807) is 24.1 Å². The van der Waals surface area contributed by atoms with Gasteiger partial charge in [0.2, 0.25) is 5.89 Å².